The molecule has 1 unspecified atom stereocenters. The van der Waals surface area contributed by atoms with Gasteiger partial charge >= 0.3 is 0 Å². The van der Waals surface area contributed by atoms with Crippen molar-refractivity contribution in [3.8, 4) is 0 Å². The molecule has 9 heavy (non-hydrogen) atoms. The first-order valence-electron chi connectivity index (χ1n) is 3.02. The Morgan fingerprint density at radius 2 is 2.56 bits per heavy atom. The number of hydroxylamine groups is 1. The van der Waals surface area contributed by atoms with Crippen LogP contribution in [0.4, 0.5) is 0 Å². The second-order valence-corrected chi connectivity index (χ2v) is 2.24. The van der Waals surface area contributed by atoms with Crippen molar-refractivity contribution in [1.82, 2.24) is 5.48 Å². The molecule has 0 bridgehead atoms. The first-order valence-corrected chi connectivity index (χ1v) is 3.02. The van der Waals surface area contributed by atoms with E-state index in [0.29, 0.717) is 6.42 Å². The summed E-state index contributed by atoms with van der Waals surface area (Å²) in [6.07, 6.45) is 2.28. The van der Waals surface area contributed by atoms with Crippen LogP contribution >= 0.6 is 0 Å². The maximum absolute atomic E-state index is 9.36. The minimum absolute atomic E-state index is 0.615. The summed E-state index contributed by atoms with van der Waals surface area (Å²) in [7, 11) is 0. The zero-order valence-electron chi connectivity index (χ0n) is 5.64. The van der Waals surface area contributed by atoms with Crippen molar-refractivity contribution >= 4 is 0 Å². The Labute approximate surface area is 54.3 Å². The normalized spacial score (nSPS) is 33.9. The van der Waals surface area contributed by atoms with Crippen LogP contribution in [0.1, 0.15) is 20.3 Å². The number of allylic oxidation sites excluding steroid dienone is 1. The predicted octanol–water partition coefficient (Wildman–Crippen LogP) is 0.524. The van der Waals surface area contributed by atoms with Gasteiger partial charge in [-0.05, 0) is 13.3 Å². The van der Waals surface area contributed by atoms with Crippen molar-refractivity contribution in [3.05, 3.63) is 11.8 Å². The lowest BCUT2D eigenvalue weighted by molar-refractivity contribution is -0.0461. The van der Waals surface area contributed by atoms with Gasteiger partial charge < -0.3 is 9.94 Å². The van der Waals surface area contributed by atoms with Gasteiger partial charge in [-0.25, -0.2) is 0 Å². The highest BCUT2D eigenvalue weighted by molar-refractivity contribution is 5.05. The molecule has 0 saturated carbocycles. The van der Waals surface area contributed by atoms with Crippen LogP contribution in [0.5, 0.6) is 0 Å². The molecule has 1 aliphatic rings. The van der Waals surface area contributed by atoms with Gasteiger partial charge in [-0.1, -0.05) is 6.92 Å². The average Bonchev–Trinajstić information content (AvgIpc) is 2.13. The molecule has 0 saturated heterocycles. The van der Waals surface area contributed by atoms with E-state index in [0.717, 1.165) is 5.76 Å². The van der Waals surface area contributed by atoms with E-state index in [1.807, 2.05) is 6.92 Å². The number of hydrogen-bond donors (Lipinski definition) is 2. The summed E-state index contributed by atoms with van der Waals surface area (Å²) in [5, 5.41) is 9.36. The molecule has 1 rings (SSSR count). The Bertz CT molecular complexity index is 144. The SMILES string of the molecule is CCC1(O)C=C(C)ON1. The molecule has 0 amide bonds. The van der Waals surface area contributed by atoms with Gasteiger partial charge in [0.1, 0.15) is 5.76 Å². The molecular formula is C6H11NO2. The molecule has 3 nitrogen and oxygen atoms in total. The van der Waals surface area contributed by atoms with Crippen LogP contribution < -0.4 is 5.48 Å². The zero-order valence-corrected chi connectivity index (χ0v) is 5.64. The van der Waals surface area contributed by atoms with Crippen LogP contribution in [-0.4, -0.2) is 10.8 Å². The third-order valence-electron chi connectivity index (χ3n) is 1.37. The lowest BCUT2D eigenvalue weighted by Crippen LogP contribution is -2.37. The van der Waals surface area contributed by atoms with E-state index >= 15 is 0 Å². The molecule has 0 aromatic carbocycles. The molecule has 52 valence electrons. The van der Waals surface area contributed by atoms with Crippen molar-refractivity contribution in [2.75, 3.05) is 0 Å². The second-order valence-electron chi connectivity index (χ2n) is 2.24. The highest BCUT2D eigenvalue weighted by atomic mass is 16.7. The van der Waals surface area contributed by atoms with Crippen LogP contribution in [0.3, 0.4) is 0 Å². The molecule has 0 spiro atoms. The van der Waals surface area contributed by atoms with E-state index in [9.17, 15) is 5.11 Å². The van der Waals surface area contributed by atoms with Gasteiger partial charge in [0, 0.05) is 6.08 Å². The monoisotopic (exact) mass is 129 g/mol. The third-order valence-corrected chi connectivity index (χ3v) is 1.37. The van der Waals surface area contributed by atoms with E-state index < -0.39 is 5.72 Å². The van der Waals surface area contributed by atoms with Crippen LogP contribution in [-0.2, 0) is 4.84 Å². The van der Waals surface area contributed by atoms with Gasteiger partial charge in [0.25, 0.3) is 0 Å². The molecule has 3 heteroatoms. The van der Waals surface area contributed by atoms with Gasteiger partial charge in [-0.3, -0.25) is 0 Å². The van der Waals surface area contributed by atoms with Crippen molar-refractivity contribution in [1.29, 1.82) is 0 Å². The maximum Gasteiger partial charge on any atom is 0.169 e. The van der Waals surface area contributed by atoms with E-state index in [1.54, 1.807) is 13.0 Å². The Morgan fingerprint density at radius 3 is 2.78 bits per heavy atom. The fraction of sp³-hybridized carbons (Fsp3) is 0.667. The average molecular weight is 129 g/mol. The summed E-state index contributed by atoms with van der Waals surface area (Å²) in [6.45, 7) is 3.67. The van der Waals surface area contributed by atoms with Gasteiger partial charge in [0.2, 0.25) is 0 Å². The van der Waals surface area contributed by atoms with Crippen molar-refractivity contribution in [3.63, 3.8) is 0 Å². The van der Waals surface area contributed by atoms with Crippen molar-refractivity contribution < 1.29 is 9.94 Å². The summed E-state index contributed by atoms with van der Waals surface area (Å²) in [5.74, 6) is 0.722. The molecule has 0 fully saturated rings. The number of aliphatic hydroxyl groups is 1. The minimum Gasteiger partial charge on any atom is -0.411 e. The van der Waals surface area contributed by atoms with E-state index in [-0.39, 0.29) is 0 Å². The summed E-state index contributed by atoms with van der Waals surface area (Å²) in [6, 6.07) is 0. The summed E-state index contributed by atoms with van der Waals surface area (Å²) in [4.78, 5) is 4.82. The van der Waals surface area contributed by atoms with Gasteiger partial charge in [-0.2, -0.15) is 0 Å². The largest absolute Gasteiger partial charge is 0.411 e. The van der Waals surface area contributed by atoms with Crippen LogP contribution in [0.15, 0.2) is 11.8 Å². The molecule has 1 aliphatic heterocycles. The molecule has 0 radical (unpaired) electrons. The van der Waals surface area contributed by atoms with Crippen LogP contribution in [0, 0.1) is 0 Å². The van der Waals surface area contributed by atoms with Crippen LogP contribution in [0.2, 0.25) is 0 Å². The molecule has 1 atom stereocenters. The Hall–Kier alpha value is -0.540. The molecule has 0 aromatic heterocycles. The highest BCUT2D eigenvalue weighted by Crippen LogP contribution is 2.17. The molecule has 1 heterocycles. The fourth-order valence-corrected chi connectivity index (χ4v) is 0.738. The Morgan fingerprint density at radius 1 is 1.89 bits per heavy atom. The molecular weight excluding hydrogens is 118 g/mol. The second kappa shape index (κ2) is 2.01. The lowest BCUT2D eigenvalue weighted by atomic mass is 10.2. The zero-order chi connectivity index (χ0) is 6.91. The fourth-order valence-electron chi connectivity index (χ4n) is 0.738. The third kappa shape index (κ3) is 1.23. The predicted molar refractivity (Wildman–Crippen MR) is 33.2 cm³/mol. The topological polar surface area (TPSA) is 41.5 Å². The first-order chi connectivity index (χ1) is 4.16. The number of nitrogens with one attached hydrogen (secondary N) is 1. The first kappa shape index (κ1) is 6.58. The smallest absolute Gasteiger partial charge is 0.169 e. The Kier molecular flexibility index (Phi) is 1.47. The van der Waals surface area contributed by atoms with Crippen molar-refractivity contribution in [2.45, 2.75) is 26.0 Å². The lowest BCUT2D eigenvalue weighted by Gasteiger charge is -2.15. The number of hydrogen-bond acceptors (Lipinski definition) is 3. The van der Waals surface area contributed by atoms with E-state index in [4.69, 9.17) is 4.84 Å². The Balaban J connectivity index is 2.64. The van der Waals surface area contributed by atoms with Gasteiger partial charge in [0.15, 0.2) is 5.72 Å². The van der Waals surface area contributed by atoms with Gasteiger partial charge in [-0.15, -0.1) is 5.48 Å². The van der Waals surface area contributed by atoms with E-state index in [2.05, 4.69) is 5.48 Å². The minimum atomic E-state index is -0.927. The van der Waals surface area contributed by atoms with Crippen LogP contribution in [0.25, 0.3) is 0 Å². The quantitative estimate of drug-likeness (QED) is 0.542. The standard InChI is InChI=1S/C6H11NO2/c1-3-6(8)4-5(2)9-7-6/h4,7-8H,3H2,1-2H3. The molecule has 0 aromatic rings. The summed E-state index contributed by atoms with van der Waals surface area (Å²) >= 11 is 0. The van der Waals surface area contributed by atoms with Crippen molar-refractivity contribution in [2.24, 2.45) is 0 Å². The van der Waals surface area contributed by atoms with Gasteiger partial charge in [0.05, 0.1) is 0 Å². The summed E-state index contributed by atoms with van der Waals surface area (Å²) < 4.78 is 0. The van der Waals surface area contributed by atoms with E-state index in [1.165, 1.54) is 0 Å². The maximum atomic E-state index is 9.36. The summed E-state index contributed by atoms with van der Waals surface area (Å²) in [5.41, 5.74) is 1.57. The molecule has 2 N–H and O–H groups in total. The molecule has 0 aliphatic carbocycles. The number of rotatable bonds is 1. The highest BCUT2D eigenvalue weighted by Gasteiger charge is 2.27.